The number of hydrogen-bond donors (Lipinski definition) is 1. The van der Waals surface area contributed by atoms with Gasteiger partial charge in [0.05, 0.1) is 11.8 Å². The summed E-state index contributed by atoms with van der Waals surface area (Å²) in [5, 5.41) is 7.86. The molecule has 0 aromatic carbocycles. The summed E-state index contributed by atoms with van der Waals surface area (Å²) in [5.74, 6) is 3.47. The number of nitrogens with zero attached hydrogens (tertiary/aromatic N) is 2. The van der Waals surface area contributed by atoms with Crippen molar-refractivity contribution in [3.63, 3.8) is 0 Å². The lowest BCUT2D eigenvalue weighted by atomic mass is 10.2. The zero-order valence-corrected chi connectivity index (χ0v) is 11.4. The number of thioether (sulfide) groups is 1. The minimum atomic E-state index is 0.450. The number of aromatic nitrogens is 2. The van der Waals surface area contributed by atoms with Gasteiger partial charge in [0.25, 0.3) is 0 Å². The third-order valence-corrected chi connectivity index (χ3v) is 4.15. The SMILES string of the molecule is CC(C)CNCc1nc(C2CCCCS2)no1. The van der Waals surface area contributed by atoms with Crippen molar-refractivity contribution < 1.29 is 4.52 Å². The largest absolute Gasteiger partial charge is 0.338 e. The predicted octanol–water partition coefficient (Wildman–Crippen LogP) is 2.77. The van der Waals surface area contributed by atoms with Crippen molar-refractivity contribution in [2.45, 2.75) is 44.9 Å². The van der Waals surface area contributed by atoms with E-state index >= 15 is 0 Å². The minimum Gasteiger partial charge on any atom is -0.338 e. The predicted molar refractivity (Wildman–Crippen MR) is 69.9 cm³/mol. The summed E-state index contributed by atoms with van der Waals surface area (Å²) in [4.78, 5) is 4.47. The molecule has 0 bridgehead atoms. The fourth-order valence-electron chi connectivity index (χ4n) is 1.88. The van der Waals surface area contributed by atoms with Gasteiger partial charge in [0.1, 0.15) is 0 Å². The van der Waals surface area contributed by atoms with Crippen LogP contribution in [0.25, 0.3) is 0 Å². The highest BCUT2D eigenvalue weighted by Gasteiger charge is 2.21. The molecular formula is C12H21N3OS. The van der Waals surface area contributed by atoms with Crippen molar-refractivity contribution in [3.8, 4) is 0 Å². The molecular weight excluding hydrogens is 234 g/mol. The van der Waals surface area contributed by atoms with E-state index in [-0.39, 0.29) is 0 Å². The first-order valence-corrected chi connectivity index (χ1v) is 7.45. The second-order valence-electron chi connectivity index (χ2n) is 4.93. The Balaban J connectivity index is 1.82. The number of hydrogen-bond acceptors (Lipinski definition) is 5. The molecule has 1 aromatic rings. The first-order chi connectivity index (χ1) is 8.25. The first-order valence-electron chi connectivity index (χ1n) is 6.40. The molecule has 1 aromatic heterocycles. The molecule has 1 atom stereocenters. The van der Waals surface area contributed by atoms with Crippen molar-refractivity contribution in [2.75, 3.05) is 12.3 Å². The van der Waals surface area contributed by atoms with Crippen LogP contribution in [-0.2, 0) is 6.54 Å². The Kier molecular flexibility index (Phi) is 4.86. The highest BCUT2D eigenvalue weighted by molar-refractivity contribution is 7.99. The van der Waals surface area contributed by atoms with Gasteiger partial charge in [0, 0.05) is 0 Å². The zero-order chi connectivity index (χ0) is 12.1. The van der Waals surface area contributed by atoms with E-state index in [4.69, 9.17) is 4.52 Å². The Morgan fingerprint density at radius 2 is 2.35 bits per heavy atom. The quantitative estimate of drug-likeness (QED) is 0.876. The van der Waals surface area contributed by atoms with Crippen LogP contribution in [0, 0.1) is 5.92 Å². The van der Waals surface area contributed by atoms with E-state index in [1.807, 2.05) is 11.8 Å². The summed E-state index contributed by atoms with van der Waals surface area (Å²) in [6.45, 7) is 6.04. The van der Waals surface area contributed by atoms with E-state index in [0.717, 1.165) is 12.4 Å². The lowest BCUT2D eigenvalue weighted by Gasteiger charge is -2.17. The summed E-state index contributed by atoms with van der Waals surface area (Å²) in [6.07, 6.45) is 3.79. The molecule has 0 radical (unpaired) electrons. The van der Waals surface area contributed by atoms with Crippen molar-refractivity contribution in [2.24, 2.45) is 5.92 Å². The fraction of sp³-hybridized carbons (Fsp3) is 0.833. The Morgan fingerprint density at radius 3 is 3.06 bits per heavy atom. The van der Waals surface area contributed by atoms with Crippen LogP contribution >= 0.6 is 11.8 Å². The maximum atomic E-state index is 5.26. The molecule has 1 aliphatic heterocycles. The second-order valence-corrected chi connectivity index (χ2v) is 6.24. The Hall–Kier alpha value is -0.550. The van der Waals surface area contributed by atoms with Gasteiger partial charge >= 0.3 is 0 Å². The summed E-state index contributed by atoms with van der Waals surface area (Å²) >= 11 is 1.95. The van der Waals surface area contributed by atoms with Gasteiger partial charge in [-0.15, -0.1) is 0 Å². The third-order valence-electron chi connectivity index (χ3n) is 2.78. The molecule has 1 unspecified atom stereocenters. The monoisotopic (exact) mass is 255 g/mol. The van der Waals surface area contributed by atoms with Gasteiger partial charge in [-0.3, -0.25) is 0 Å². The van der Waals surface area contributed by atoms with Gasteiger partial charge in [0.15, 0.2) is 5.82 Å². The van der Waals surface area contributed by atoms with Crippen LogP contribution in [0.5, 0.6) is 0 Å². The van der Waals surface area contributed by atoms with Gasteiger partial charge in [-0.2, -0.15) is 16.7 Å². The number of rotatable bonds is 5. The molecule has 5 heteroatoms. The molecule has 0 saturated carbocycles. The normalized spacial score (nSPS) is 21.0. The van der Waals surface area contributed by atoms with Gasteiger partial charge in [0.2, 0.25) is 5.89 Å². The molecule has 2 rings (SSSR count). The number of nitrogens with one attached hydrogen (secondary N) is 1. The lowest BCUT2D eigenvalue weighted by molar-refractivity contribution is 0.358. The van der Waals surface area contributed by atoms with E-state index in [1.165, 1.54) is 25.0 Å². The summed E-state index contributed by atoms with van der Waals surface area (Å²) in [6, 6.07) is 0. The standard InChI is InChI=1S/C12H21N3OS/c1-9(2)7-13-8-11-14-12(15-16-11)10-5-3-4-6-17-10/h9-10,13H,3-8H2,1-2H3. The van der Waals surface area contributed by atoms with Crippen LogP contribution in [0.15, 0.2) is 4.52 Å². The molecule has 1 aliphatic rings. The minimum absolute atomic E-state index is 0.450. The van der Waals surface area contributed by atoms with E-state index < -0.39 is 0 Å². The van der Waals surface area contributed by atoms with Gasteiger partial charge < -0.3 is 9.84 Å². The highest BCUT2D eigenvalue weighted by atomic mass is 32.2. The van der Waals surface area contributed by atoms with E-state index in [2.05, 4.69) is 29.3 Å². The van der Waals surface area contributed by atoms with Crippen LogP contribution in [0.1, 0.15) is 50.1 Å². The van der Waals surface area contributed by atoms with Crippen LogP contribution in [0.2, 0.25) is 0 Å². The second kappa shape index (κ2) is 6.40. The molecule has 2 heterocycles. The molecule has 0 amide bonds. The molecule has 96 valence electrons. The van der Waals surface area contributed by atoms with Crippen LogP contribution in [-0.4, -0.2) is 22.4 Å². The third kappa shape index (κ3) is 4.00. The molecule has 1 N–H and O–H groups in total. The Labute approximate surface area is 107 Å². The molecule has 0 spiro atoms. The van der Waals surface area contributed by atoms with Crippen LogP contribution in [0.4, 0.5) is 0 Å². The summed E-state index contributed by atoms with van der Waals surface area (Å²) < 4.78 is 5.26. The zero-order valence-electron chi connectivity index (χ0n) is 10.6. The van der Waals surface area contributed by atoms with Gasteiger partial charge in [-0.05, 0) is 31.1 Å². The average molecular weight is 255 g/mol. The van der Waals surface area contributed by atoms with Crippen molar-refractivity contribution >= 4 is 11.8 Å². The maximum Gasteiger partial charge on any atom is 0.240 e. The molecule has 1 saturated heterocycles. The van der Waals surface area contributed by atoms with E-state index in [0.29, 0.717) is 23.6 Å². The Bertz CT molecular complexity index is 334. The topological polar surface area (TPSA) is 51.0 Å². The summed E-state index contributed by atoms with van der Waals surface area (Å²) in [7, 11) is 0. The van der Waals surface area contributed by atoms with Crippen molar-refractivity contribution in [1.82, 2.24) is 15.5 Å². The van der Waals surface area contributed by atoms with Crippen molar-refractivity contribution in [1.29, 1.82) is 0 Å². The molecule has 17 heavy (non-hydrogen) atoms. The maximum absolute atomic E-state index is 5.26. The highest BCUT2D eigenvalue weighted by Crippen LogP contribution is 2.36. The molecule has 1 fully saturated rings. The molecule has 0 aliphatic carbocycles. The molecule has 4 nitrogen and oxygen atoms in total. The Morgan fingerprint density at radius 1 is 1.47 bits per heavy atom. The smallest absolute Gasteiger partial charge is 0.240 e. The first kappa shape index (κ1) is 12.9. The van der Waals surface area contributed by atoms with Crippen LogP contribution in [0.3, 0.4) is 0 Å². The summed E-state index contributed by atoms with van der Waals surface area (Å²) in [5.41, 5.74) is 0. The average Bonchev–Trinajstić information content (AvgIpc) is 2.78. The van der Waals surface area contributed by atoms with E-state index in [9.17, 15) is 0 Å². The van der Waals surface area contributed by atoms with Crippen LogP contribution < -0.4 is 5.32 Å². The fourth-order valence-corrected chi connectivity index (χ4v) is 3.12. The van der Waals surface area contributed by atoms with Crippen molar-refractivity contribution in [3.05, 3.63) is 11.7 Å². The van der Waals surface area contributed by atoms with Gasteiger partial charge in [-0.1, -0.05) is 25.4 Å². The lowest BCUT2D eigenvalue weighted by Crippen LogP contribution is -2.19. The van der Waals surface area contributed by atoms with Gasteiger partial charge in [-0.25, -0.2) is 0 Å². The van der Waals surface area contributed by atoms with E-state index in [1.54, 1.807) is 0 Å².